The van der Waals surface area contributed by atoms with Gasteiger partial charge in [-0.15, -0.1) is 0 Å². The topological polar surface area (TPSA) is 24.4 Å². The van der Waals surface area contributed by atoms with Gasteiger partial charge in [0.25, 0.3) is 0 Å². The maximum Gasteiger partial charge on any atom is 0.0666 e. The first-order valence-corrected chi connectivity index (χ1v) is 6.21. The van der Waals surface area contributed by atoms with Gasteiger partial charge in [-0.25, -0.2) is 0 Å². The molecule has 2 heterocycles. The van der Waals surface area contributed by atoms with Crippen LogP contribution in [0.3, 0.4) is 0 Å². The van der Waals surface area contributed by atoms with Gasteiger partial charge in [0.2, 0.25) is 0 Å². The van der Waals surface area contributed by atoms with Crippen LogP contribution in [0.1, 0.15) is 18.4 Å². The summed E-state index contributed by atoms with van der Waals surface area (Å²) in [6.45, 7) is 1.14. The summed E-state index contributed by atoms with van der Waals surface area (Å²) in [4.78, 5) is 4.71. The second-order valence-electron chi connectivity index (χ2n) is 4.20. The predicted molar refractivity (Wildman–Crippen MR) is 66.0 cm³/mol. The Morgan fingerprint density at radius 3 is 3.13 bits per heavy atom. The minimum absolute atomic E-state index is 0.524. The zero-order chi connectivity index (χ0) is 10.3. The zero-order valence-corrected chi connectivity index (χ0v) is 10.0. The highest BCUT2D eigenvalue weighted by atomic mass is 79.9. The maximum atomic E-state index is 4.71. The molecule has 2 nitrogen and oxygen atoms in total. The van der Waals surface area contributed by atoms with Crippen molar-refractivity contribution in [3.63, 3.8) is 0 Å². The maximum absolute atomic E-state index is 4.71. The largest absolute Gasteiger partial charge is 0.309 e. The van der Waals surface area contributed by atoms with Gasteiger partial charge in [-0.3, -0.25) is 4.99 Å². The number of nitrogens with one attached hydrogen (secondary N) is 1. The summed E-state index contributed by atoms with van der Waals surface area (Å²) in [5, 5.41) is 3.51. The van der Waals surface area contributed by atoms with Gasteiger partial charge >= 0.3 is 0 Å². The van der Waals surface area contributed by atoms with Crippen molar-refractivity contribution in [2.75, 3.05) is 6.54 Å². The summed E-state index contributed by atoms with van der Waals surface area (Å²) in [5.41, 5.74) is 3.83. The first kappa shape index (κ1) is 9.55. The Kier molecular flexibility index (Phi) is 2.37. The van der Waals surface area contributed by atoms with Crippen molar-refractivity contribution in [3.8, 4) is 0 Å². The Balaban J connectivity index is 1.87. The van der Waals surface area contributed by atoms with Gasteiger partial charge in [-0.05, 0) is 43.1 Å². The smallest absolute Gasteiger partial charge is 0.0666 e. The van der Waals surface area contributed by atoms with Gasteiger partial charge in [0.1, 0.15) is 0 Å². The van der Waals surface area contributed by atoms with Crippen LogP contribution in [0.25, 0.3) is 0 Å². The lowest BCUT2D eigenvalue weighted by Crippen LogP contribution is -2.30. The molecular formula is C12H13BrN2. The predicted octanol–water partition coefficient (Wildman–Crippen LogP) is 2.83. The standard InChI is InChI=1S/C12H13BrN2/c13-9-3-4-10-8(6-9)7-12(15-10)11-2-1-5-14-11/h3-4,6,11,14H,1-2,5,7H2/t11-/m0/s1. The van der Waals surface area contributed by atoms with Crippen LogP contribution in [0.2, 0.25) is 0 Å². The highest BCUT2D eigenvalue weighted by Gasteiger charge is 2.24. The molecule has 0 bridgehead atoms. The van der Waals surface area contributed by atoms with Crippen LogP contribution in [0.4, 0.5) is 5.69 Å². The monoisotopic (exact) mass is 264 g/mol. The Labute approximate surface area is 97.9 Å². The Bertz CT molecular complexity index is 420. The zero-order valence-electron chi connectivity index (χ0n) is 8.46. The molecule has 0 aromatic heterocycles. The number of benzene rings is 1. The third-order valence-corrected chi connectivity index (χ3v) is 3.63. The van der Waals surface area contributed by atoms with Crippen molar-refractivity contribution in [2.24, 2.45) is 4.99 Å². The fourth-order valence-electron chi connectivity index (χ4n) is 2.36. The van der Waals surface area contributed by atoms with Crippen LogP contribution in [0, 0.1) is 0 Å². The van der Waals surface area contributed by atoms with Crippen LogP contribution in [-0.2, 0) is 6.42 Å². The van der Waals surface area contributed by atoms with E-state index >= 15 is 0 Å². The molecule has 1 fully saturated rings. The molecule has 1 N–H and O–H groups in total. The van der Waals surface area contributed by atoms with Gasteiger partial charge in [0, 0.05) is 22.6 Å². The van der Waals surface area contributed by atoms with Gasteiger partial charge in [-0.1, -0.05) is 15.9 Å². The first-order chi connectivity index (χ1) is 7.33. The fourth-order valence-corrected chi connectivity index (χ4v) is 2.77. The molecule has 1 atom stereocenters. The van der Waals surface area contributed by atoms with Crippen LogP contribution in [-0.4, -0.2) is 18.3 Å². The lowest BCUT2D eigenvalue weighted by molar-refractivity contribution is 0.755. The molecule has 1 saturated heterocycles. The van der Waals surface area contributed by atoms with Crippen molar-refractivity contribution in [1.82, 2.24) is 5.32 Å². The summed E-state index contributed by atoms with van der Waals surface area (Å²) >= 11 is 3.50. The number of halogens is 1. The number of aliphatic imine (C=N–C) groups is 1. The molecule has 78 valence electrons. The molecule has 0 unspecified atom stereocenters. The number of hydrogen-bond donors (Lipinski definition) is 1. The molecule has 0 aliphatic carbocycles. The van der Waals surface area contributed by atoms with Crippen molar-refractivity contribution in [2.45, 2.75) is 25.3 Å². The lowest BCUT2D eigenvalue weighted by Gasteiger charge is -2.08. The molecule has 15 heavy (non-hydrogen) atoms. The van der Waals surface area contributed by atoms with Crippen molar-refractivity contribution >= 4 is 27.3 Å². The lowest BCUT2D eigenvalue weighted by atomic mass is 10.0. The second kappa shape index (κ2) is 3.72. The molecular weight excluding hydrogens is 252 g/mol. The van der Waals surface area contributed by atoms with Gasteiger partial charge in [0.05, 0.1) is 5.69 Å². The van der Waals surface area contributed by atoms with Crippen LogP contribution < -0.4 is 5.32 Å². The molecule has 1 aromatic rings. The average Bonchev–Trinajstić information content (AvgIpc) is 2.84. The average molecular weight is 265 g/mol. The van der Waals surface area contributed by atoms with Gasteiger partial charge < -0.3 is 5.32 Å². The number of fused-ring (bicyclic) bond motifs is 1. The van der Waals surface area contributed by atoms with Crippen molar-refractivity contribution in [3.05, 3.63) is 28.2 Å². The van der Waals surface area contributed by atoms with Crippen molar-refractivity contribution < 1.29 is 0 Å². The summed E-state index contributed by atoms with van der Waals surface area (Å²) in [6, 6.07) is 6.87. The molecule has 3 heteroatoms. The normalized spacial score (nSPS) is 24.1. The molecule has 0 radical (unpaired) electrons. The van der Waals surface area contributed by atoms with E-state index in [1.165, 1.54) is 24.1 Å². The highest BCUT2D eigenvalue weighted by molar-refractivity contribution is 9.10. The Morgan fingerprint density at radius 1 is 1.40 bits per heavy atom. The Morgan fingerprint density at radius 2 is 2.33 bits per heavy atom. The first-order valence-electron chi connectivity index (χ1n) is 5.42. The third-order valence-electron chi connectivity index (χ3n) is 3.14. The van der Waals surface area contributed by atoms with Crippen molar-refractivity contribution in [1.29, 1.82) is 0 Å². The van der Waals surface area contributed by atoms with E-state index in [4.69, 9.17) is 4.99 Å². The van der Waals surface area contributed by atoms with E-state index in [0.717, 1.165) is 23.1 Å². The van der Waals surface area contributed by atoms with E-state index in [0.29, 0.717) is 6.04 Å². The van der Waals surface area contributed by atoms with E-state index in [1.54, 1.807) is 0 Å². The van der Waals surface area contributed by atoms with E-state index in [-0.39, 0.29) is 0 Å². The van der Waals surface area contributed by atoms with E-state index in [1.807, 2.05) is 0 Å². The van der Waals surface area contributed by atoms with Gasteiger partial charge in [0.15, 0.2) is 0 Å². The van der Waals surface area contributed by atoms with Crippen LogP contribution in [0.15, 0.2) is 27.7 Å². The van der Waals surface area contributed by atoms with Gasteiger partial charge in [-0.2, -0.15) is 0 Å². The van der Waals surface area contributed by atoms with E-state index in [9.17, 15) is 0 Å². The van der Waals surface area contributed by atoms with Crippen LogP contribution >= 0.6 is 15.9 Å². The summed E-state index contributed by atoms with van der Waals surface area (Å²) < 4.78 is 1.15. The minimum Gasteiger partial charge on any atom is -0.309 e. The molecule has 2 aliphatic heterocycles. The number of hydrogen-bond acceptors (Lipinski definition) is 2. The Hall–Kier alpha value is -0.670. The molecule has 1 aromatic carbocycles. The summed E-state index contributed by atoms with van der Waals surface area (Å²) in [5.74, 6) is 0. The molecule has 0 spiro atoms. The minimum atomic E-state index is 0.524. The molecule has 0 amide bonds. The quantitative estimate of drug-likeness (QED) is 0.829. The third kappa shape index (κ3) is 1.74. The SMILES string of the molecule is Brc1ccc2c(c1)CC([C@@H]1CCCN1)=N2. The summed E-state index contributed by atoms with van der Waals surface area (Å²) in [6.07, 6.45) is 3.55. The highest BCUT2D eigenvalue weighted by Crippen LogP contribution is 2.31. The van der Waals surface area contributed by atoms with Crippen LogP contribution in [0.5, 0.6) is 0 Å². The second-order valence-corrected chi connectivity index (χ2v) is 5.12. The molecule has 3 rings (SSSR count). The fraction of sp³-hybridized carbons (Fsp3) is 0.417. The summed E-state index contributed by atoms with van der Waals surface area (Å²) in [7, 11) is 0. The molecule has 2 aliphatic rings. The number of rotatable bonds is 1. The molecule has 0 saturated carbocycles. The van der Waals surface area contributed by atoms with E-state index in [2.05, 4.69) is 39.4 Å². The number of nitrogens with zero attached hydrogens (tertiary/aromatic N) is 1. The van der Waals surface area contributed by atoms with E-state index < -0.39 is 0 Å².